The molecule has 0 spiro atoms. The molecule has 0 aliphatic carbocycles. The summed E-state index contributed by atoms with van der Waals surface area (Å²) in [5.74, 6) is 0.341. The van der Waals surface area contributed by atoms with E-state index in [1.54, 1.807) is 6.07 Å². The van der Waals surface area contributed by atoms with Gasteiger partial charge in [0.1, 0.15) is 5.75 Å². The monoisotopic (exact) mass is 232 g/mol. The summed E-state index contributed by atoms with van der Waals surface area (Å²) >= 11 is 5.98. The quantitative estimate of drug-likeness (QED) is 0.832. The maximum atomic E-state index is 9.92. The molecule has 0 aliphatic rings. The van der Waals surface area contributed by atoms with Gasteiger partial charge in [0, 0.05) is 11.4 Å². The van der Waals surface area contributed by atoms with Crippen LogP contribution in [0.3, 0.4) is 0 Å². The second-order valence-corrected chi connectivity index (χ2v) is 4.33. The third-order valence-corrected chi connectivity index (χ3v) is 2.80. The maximum Gasteiger partial charge on any atom is 0.122 e. The van der Waals surface area contributed by atoms with Crippen molar-refractivity contribution in [3.8, 4) is 5.75 Å². The van der Waals surface area contributed by atoms with Crippen molar-refractivity contribution in [2.24, 2.45) is 0 Å². The summed E-state index contributed by atoms with van der Waals surface area (Å²) in [6, 6.07) is 13.6. The van der Waals surface area contributed by atoms with Crippen molar-refractivity contribution in [1.29, 1.82) is 0 Å². The summed E-state index contributed by atoms with van der Waals surface area (Å²) in [7, 11) is 0. The highest BCUT2D eigenvalue weighted by Gasteiger charge is 2.06. The molecule has 0 saturated heterocycles. The summed E-state index contributed by atoms with van der Waals surface area (Å²) in [5, 5.41) is 10.6. The van der Waals surface area contributed by atoms with E-state index < -0.39 is 0 Å². The van der Waals surface area contributed by atoms with Crippen LogP contribution in [0, 0.1) is 6.92 Å². The van der Waals surface area contributed by atoms with Crippen LogP contribution < -0.4 is 0 Å². The first-order valence-electron chi connectivity index (χ1n) is 5.19. The van der Waals surface area contributed by atoms with Crippen molar-refractivity contribution in [3.63, 3.8) is 0 Å². The number of phenolic OH excluding ortho intramolecular Hbond substituents is 1. The fraction of sp³-hybridized carbons (Fsp3) is 0.143. The van der Waals surface area contributed by atoms with E-state index in [1.807, 2.05) is 43.3 Å². The number of halogens is 1. The van der Waals surface area contributed by atoms with Crippen molar-refractivity contribution in [2.45, 2.75) is 13.3 Å². The van der Waals surface area contributed by atoms with Gasteiger partial charge in [-0.1, -0.05) is 41.9 Å². The molecule has 0 atom stereocenters. The minimum atomic E-state index is 0.341. The Morgan fingerprint density at radius 2 is 1.81 bits per heavy atom. The standard InChI is InChI=1S/C14H13ClO/c1-10-7-13(15)9-12(14(10)16)8-11-5-3-2-4-6-11/h2-7,9,16H,8H2,1H3. The average molecular weight is 233 g/mol. The van der Waals surface area contributed by atoms with Crippen LogP contribution in [0.5, 0.6) is 5.75 Å². The zero-order valence-corrected chi connectivity index (χ0v) is 9.83. The topological polar surface area (TPSA) is 20.2 Å². The van der Waals surface area contributed by atoms with Crippen molar-refractivity contribution in [1.82, 2.24) is 0 Å². The first-order valence-corrected chi connectivity index (χ1v) is 5.56. The number of hydrogen-bond donors (Lipinski definition) is 1. The molecule has 0 aliphatic heterocycles. The Hall–Kier alpha value is -1.47. The van der Waals surface area contributed by atoms with E-state index >= 15 is 0 Å². The highest BCUT2D eigenvalue weighted by atomic mass is 35.5. The summed E-state index contributed by atoms with van der Waals surface area (Å²) in [5.41, 5.74) is 2.86. The van der Waals surface area contributed by atoms with Crippen LogP contribution in [-0.4, -0.2) is 5.11 Å². The lowest BCUT2D eigenvalue weighted by Crippen LogP contribution is -1.90. The van der Waals surface area contributed by atoms with E-state index in [9.17, 15) is 5.11 Å². The Kier molecular flexibility index (Phi) is 3.16. The molecule has 0 saturated carbocycles. The molecule has 0 fully saturated rings. The van der Waals surface area contributed by atoms with Gasteiger partial charge in [0.2, 0.25) is 0 Å². The molecule has 1 nitrogen and oxygen atoms in total. The molecule has 2 heteroatoms. The van der Waals surface area contributed by atoms with Gasteiger partial charge < -0.3 is 5.11 Å². The second kappa shape index (κ2) is 4.58. The molecule has 2 rings (SSSR count). The van der Waals surface area contributed by atoms with Crippen molar-refractivity contribution >= 4 is 11.6 Å². The largest absolute Gasteiger partial charge is 0.507 e. The molecule has 0 amide bonds. The third-order valence-electron chi connectivity index (χ3n) is 2.58. The van der Waals surface area contributed by atoms with Crippen LogP contribution in [0.1, 0.15) is 16.7 Å². The fourth-order valence-corrected chi connectivity index (χ4v) is 2.05. The normalized spacial score (nSPS) is 10.4. The molecular weight excluding hydrogens is 220 g/mol. The van der Waals surface area contributed by atoms with Crippen molar-refractivity contribution in [3.05, 3.63) is 64.2 Å². The predicted molar refractivity (Wildman–Crippen MR) is 67.1 cm³/mol. The summed E-state index contributed by atoms with van der Waals surface area (Å²) in [6.07, 6.45) is 0.702. The van der Waals surface area contributed by atoms with Gasteiger partial charge in [-0.3, -0.25) is 0 Å². The lowest BCUT2D eigenvalue weighted by atomic mass is 10.0. The molecular formula is C14H13ClO. The molecule has 0 radical (unpaired) electrons. The smallest absolute Gasteiger partial charge is 0.122 e. The Morgan fingerprint density at radius 3 is 2.50 bits per heavy atom. The van der Waals surface area contributed by atoms with Crippen molar-refractivity contribution in [2.75, 3.05) is 0 Å². The summed E-state index contributed by atoms with van der Waals surface area (Å²) in [6.45, 7) is 1.86. The molecule has 1 N–H and O–H groups in total. The number of phenols is 1. The summed E-state index contributed by atoms with van der Waals surface area (Å²) in [4.78, 5) is 0. The molecule has 2 aromatic carbocycles. The van der Waals surface area contributed by atoms with Gasteiger partial charge in [0.25, 0.3) is 0 Å². The lowest BCUT2D eigenvalue weighted by molar-refractivity contribution is 0.465. The molecule has 0 unspecified atom stereocenters. The van der Waals surface area contributed by atoms with E-state index in [0.717, 1.165) is 11.1 Å². The molecule has 2 aromatic rings. The van der Waals surface area contributed by atoms with E-state index in [2.05, 4.69) is 0 Å². The molecule has 16 heavy (non-hydrogen) atoms. The Labute approximate surface area is 100 Å². The van der Waals surface area contributed by atoms with Crippen LogP contribution in [0.15, 0.2) is 42.5 Å². The summed E-state index contributed by atoms with van der Waals surface area (Å²) < 4.78 is 0. The van der Waals surface area contributed by atoms with E-state index in [1.165, 1.54) is 5.56 Å². The molecule has 0 heterocycles. The van der Waals surface area contributed by atoms with Crippen LogP contribution in [0.2, 0.25) is 5.02 Å². The molecule has 0 aromatic heterocycles. The van der Waals surface area contributed by atoms with Gasteiger partial charge in [0.05, 0.1) is 0 Å². The second-order valence-electron chi connectivity index (χ2n) is 3.89. The van der Waals surface area contributed by atoms with Crippen LogP contribution >= 0.6 is 11.6 Å². The minimum absolute atomic E-state index is 0.341. The Balaban J connectivity index is 2.35. The van der Waals surface area contributed by atoms with Crippen LogP contribution in [-0.2, 0) is 6.42 Å². The highest BCUT2D eigenvalue weighted by molar-refractivity contribution is 6.30. The number of aryl methyl sites for hydroxylation is 1. The zero-order valence-electron chi connectivity index (χ0n) is 9.07. The highest BCUT2D eigenvalue weighted by Crippen LogP contribution is 2.28. The van der Waals surface area contributed by atoms with Crippen molar-refractivity contribution < 1.29 is 5.11 Å². The van der Waals surface area contributed by atoms with E-state index in [-0.39, 0.29) is 0 Å². The van der Waals surface area contributed by atoms with E-state index in [0.29, 0.717) is 17.2 Å². The first-order chi connectivity index (χ1) is 7.66. The molecule has 0 bridgehead atoms. The van der Waals surface area contributed by atoms with Gasteiger partial charge in [-0.2, -0.15) is 0 Å². The van der Waals surface area contributed by atoms with Crippen LogP contribution in [0.4, 0.5) is 0 Å². The number of aromatic hydroxyl groups is 1. The number of hydrogen-bond acceptors (Lipinski definition) is 1. The Bertz CT molecular complexity index is 492. The first kappa shape index (κ1) is 11.0. The van der Waals surface area contributed by atoms with Crippen LogP contribution in [0.25, 0.3) is 0 Å². The van der Waals surface area contributed by atoms with Gasteiger partial charge in [-0.15, -0.1) is 0 Å². The SMILES string of the molecule is Cc1cc(Cl)cc(Cc2ccccc2)c1O. The number of benzene rings is 2. The Morgan fingerprint density at radius 1 is 1.12 bits per heavy atom. The van der Waals surface area contributed by atoms with Gasteiger partial charge in [-0.25, -0.2) is 0 Å². The van der Waals surface area contributed by atoms with E-state index in [4.69, 9.17) is 11.6 Å². The van der Waals surface area contributed by atoms with Gasteiger partial charge >= 0.3 is 0 Å². The third kappa shape index (κ3) is 2.37. The lowest BCUT2D eigenvalue weighted by Gasteiger charge is -2.08. The maximum absolute atomic E-state index is 9.92. The minimum Gasteiger partial charge on any atom is -0.507 e. The predicted octanol–water partition coefficient (Wildman–Crippen LogP) is 3.94. The fourth-order valence-electron chi connectivity index (χ4n) is 1.76. The zero-order chi connectivity index (χ0) is 11.5. The van der Waals surface area contributed by atoms with Gasteiger partial charge in [0.15, 0.2) is 0 Å². The average Bonchev–Trinajstić information content (AvgIpc) is 2.27. The van der Waals surface area contributed by atoms with Gasteiger partial charge in [-0.05, 0) is 35.7 Å². The number of rotatable bonds is 2. The molecule has 82 valence electrons.